The van der Waals surface area contributed by atoms with Crippen LogP contribution in [0.4, 0.5) is 18.9 Å². The van der Waals surface area contributed by atoms with Gasteiger partial charge in [0.1, 0.15) is 11.7 Å². The maximum atomic E-state index is 13.8. The number of nitrogens with zero attached hydrogens (tertiary/aromatic N) is 1. The van der Waals surface area contributed by atoms with Crippen LogP contribution in [0, 0.1) is 28.3 Å². The van der Waals surface area contributed by atoms with Crippen molar-refractivity contribution in [2.75, 3.05) is 4.90 Å². The number of amides is 2. The van der Waals surface area contributed by atoms with Crippen molar-refractivity contribution in [3.8, 4) is 0 Å². The van der Waals surface area contributed by atoms with Gasteiger partial charge in [-0.15, -0.1) is 0 Å². The third-order valence-corrected chi connectivity index (χ3v) is 4.20. The number of benzene rings is 2. The highest BCUT2D eigenvalue weighted by atomic mass is 35.5. The zero-order valence-corrected chi connectivity index (χ0v) is 16.4. The highest BCUT2D eigenvalue weighted by Gasteiger charge is 2.19. The van der Waals surface area contributed by atoms with E-state index < -0.39 is 41.5 Å². The molecule has 0 radical (unpaired) electrons. The van der Waals surface area contributed by atoms with Crippen molar-refractivity contribution < 1.29 is 22.8 Å². The Morgan fingerprint density at radius 2 is 1.83 bits per heavy atom. The Hall–Kier alpha value is -3.46. The van der Waals surface area contributed by atoms with Crippen LogP contribution in [0.1, 0.15) is 12.5 Å². The van der Waals surface area contributed by atoms with Crippen molar-refractivity contribution in [2.24, 2.45) is 0 Å². The quantitative estimate of drug-likeness (QED) is 0.471. The molecular weight excluding hydrogens is 421 g/mol. The van der Waals surface area contributed by atoms with E-state index in [1.54, 1.807) is 0 Å². The van der Waals surface area contributed by atoms with Gasteiger partial charge >= 0.3 is 0 Å². The van der Waals surface area contributed by atoms with E-state index in [1.807, 2.05) is 0 Å². The minimum absolute atomic E-state index is 0.0387. The number of carbonyl (C=O) groups is 2. The molecule has 2 rings (SSSR count). The average molecular weight is 437 g/mol. The molecule has 6 nitrogen and oxygen atoms in total. The Kier molecular flexibility index (Phi) is 7.48. The van der Waals surface area contributed by atoms with Crippen LogP contribution in [0.5, 0.6) is 0 Å². The van der Waals surface area contributed by atoms with E-state index >= 15 is 0 Å². The van der Waals surface area contributed by atoms with Gasteiger partial charge in [0.05, 0.1) is 17.8 Å². The van der Waals surface area contributed by atoms with Crippen LogP contribution in [-0.4, -0.2) is 23.9 Å². The lowest BCUT2D eigenvalue weighted by molar-refractivity contribution is -0.119. The molecule has 0 aliphatic carbocycles. The second-order valence-electron chi connectivity index (χ2n) is 6.01. The Bertz CT molecular complexity index is 1040. The number of amidine groups is 1. The molecule has 0 bridgehead atoms. The number of hydrogen-bond donors (Lipinski definition) is 3. The van der Waals surface area contributed by atoms with Crippen LogP contribution < -0.4 is 10.2 Å². The first-order chi connectivity index (χ1) is 14.1. The smallest absolute Gasteiger partial charge is 0.229 e. The molecule has 2 aromatic carbocycles. The number of halogens is 4. The molecule has 0 saturated carbocycles. The number of allylic oxidation sites excluding steroid dienone is 1. The Morgan fingerprint density at radius 3 is 2.40 bits per heavy atom. The van der Waals surface area contributed by atoms with Gasteiger partial charge in [0, 0.05) is 35.9 Å². The van der Waals surface area contributed by atoms with E-state index in [4.69, 9.17) is 22.4 Å². The van der Waals surface area contributed by atoms with Crippen LogP contribution in [0.25, 0.3) is 0 Å². The lowest BCUT2D eigenvalue weighted by Crippen LogP contribution is -2.35. The Labute approximate surface area is 175 Å². The van der Waals surface area contributed by atoms with Crippen LogP contribution in [0.15, 0.2) is 48.2 Å². The van der Waals surface area contributed by atoms with Gasteiger partial charge in [-0.05, 0) is 24.3 Å². The standard InChI is InChI=1S/C20H16ClF3N4O2/c1-11(29)28(13-5-6-17(23)18(24)8-13)19(26)7-12(10-25)27-20(30)9-14-15(21)3-2-4-16(14)22/h2-8,10,25-26H,9H2,1H3,(H,27,30)/b12-7+,25-10?,26-19?. The molecular formula is C20H16ClF3N4O2. The fourth-order valence-electron chi connectivity index (χ4n) is 2.51. The lowest BCUT2D eigenvalue weighted by atomic mass is 10.1. The van der Waals surface area contributed by atoms with Gasteiger partial charge in [-0.3, -0.25) is 19.9 Å². The minimum atomic E-state index is -1.21. The summed E-state index contributed by atoms with van der Waals surface area (Å²) in [6.45, 7) is 1.10. The normalized spacial score (nSPS) is 11.0. The van der Waals surface area contributed by atoms with Crippen LogP contribution in [0.3, 0.4) is 0 Å². The van der Waals surface area contributed by atoms with Gasteiger partial charge in [-0.25, -0.2) is 13.2 Å². The van der Waals surface area contributed by atoms with Gasteiger partial charge in [0.25, 0.3) is 0 Å². The fourth-order valence-corrected chi connectivity index (χ4v) is 2.74. The molecule has 0 aliphatic heterocycles. The SMILES string of the molecule is CC(=O)N(C(=N)/C=C(\C=N)NC(=O)Cc1c(F)cccc1Cl)c1ccc(F)c(F)c1. The zero-order valence-electron chi connectivity index (χ0n) is 15.6. The van der Waals surface area contributed by atoms with E-state index in [-0.39, 0.29) is 22.0 Å². The average Bonchev–Trinajstić information content (AvgIpc) is 2.67. The van der Waals surface area contributed by atoms with Crippen molar-refractivity contribution in [3.63, 3.8) is 0 Å². The van der Waals surface area contributed by atoms with Gasteiger partial charge in [0.2, 0.25) is 11.8 Å². The summed E-state index contributed by atoms with van der Waals surface area (Å²) in [5.41, 5.74) is -0.342. The van der Waals surface area contributed by atoms with E-state index in [0.29, 0.717) is 6.21 Å². The predicted octanol–water partition coefficient (Wildman–Crippen LogP) is 3.98. The molecule has 0 aromatic heterocycles. The van der Waals surface area contributed by atoms with Crippen LogP contribution in [0.2, 0.25) is 5.02 Å². The molecule has 0 heterocycles. The molecule has 2 aromatic rings. The molecule has 0 saturated heterocycles. The van der Waals surface area contributed by atoms with Crippen molar-refractivity contribution in [1.29, 1.82) is 10.8 Å². The first kappa shape index (κ1) is 22.8. The van der Waals surface area contributed by atoms with Gasteiger partial charge in [-0.1, -0.05) is 17.7 Å². The maximum Gasteiger partial charge on any atom is 0.229 e. The highest BCUT2D eigenvalue weighted by Crippen LogP contribution is 2.20. The van der Waals surface area contributed by atoms with Crippen LogP contribution >= 0.6 is 11.6 Å². The second-order valence-corrected chi connectivity index (χ2v) is 6.41. The van der Waals surface area contributed by atoms with Crippen molar-refractivity contribution in [1.82, 2.24) is 5.32 Å². The summed E-state index contributed by atoms with van der Waals surface area (Å²) < 4.78 is 40.5. The molecule has 10 heteroatoms. The second kappa shape index (κ2) is 9.84. The van der Waals surface area contributed by atoms with E-state index in [2.05, 4.69) is 5.32 Å². The Morgan fingerprint density at radius 1 is 1.13 bits per heavy atom. The van der Waals surface area contributed by atoms with Gasteiger partial charge < -0.3 is 10.7 Å². The summed E-state index contributed by atoms with van der Waals surface area (Å²) >= 11 is 5.88. The summed E-state index contributed by atoms with van der Waals surface area (Å²) in [5, 5.41) is 17.9. The summed E-state index contributed by atoms with van der Waals surface area (Å²) in [4.78, 5) is 24.9. The third-order valence-electron chi connectivity index (χ3n) is 3.85. The molecule has 0 atom stereocenters. The fraction of sp³-hybridized carbons (Fsp3) is 0.100. The van der Waals surface area contributed by atoms with E-state index in [9.17, 15) is 22.8 Å². The summed E-state index contributed by atoms with van der Waals surface area (Å²) in [7, 11) is 0. The molecule has 0 spiro atoms. The van der Waals surface area contributed by atoms with Crippen molar-refractivity contribution >= 4 is 41.2 Å². The highest BCUT2D eigenvalue weighted by molar-refractivity contribution is 6.31. The number of anilines is 1. The lowest BCUT2D eigenvalue weighted by Gasteiger charge is -2.20. The van der Waals surface area contributed by atoms with E-state index in [1.165, 1.54) is 12.1 Å². The minimum Gasteiger partial charge on any atom is -0.324 e. The maximum absolute atomic E-state index is 13.8. The summed E-state index contributed by atoms with van der Waals surface area (Å²) in [6.07, 6.45) is 1.25. The molecule has 156 valence electrons. The molecule has 3 N–H and O–H groups in total. The molecule has 30 heavy (non-hydrogen) atoms. The largest absolute Gasteiger partial charge is 0.324 e. The molecule has 0 aliphatic rings. The topological polar surface area (TPSA) is 97.1 Å². The molecule has 2 amide bonds. The van der Waals surface area contributed by atoms with Crippen LogP contribution in [-0.2, 0) is 16.0 Å². The first-order valence-electron chi connectivity index (χ1n) is 8.43. The molecule has 0 unspecified atom stereocenters. The van der Waals surface area contributed by atoms with E-state index in [0.717, 1.165) is 42.2 Å². The zero-order chi connectivity index (χ0) is 22.4. The monoisotopic (exact) mass is 436 g/mol. The first-order valence-corrected chi connectivity index (χ1v) is 8.81. The predicted molar refractivity (Wildman–Crippen MR) is 107 cm³/mol. The van der Waals surface area contributed by atoms with Gasteiger partial charge in [0.15, 0.2) is 11.6 Å². The number of nitrogens with one attached hydrogen (secondary N) is 3. The number of rotatable bonds is 6. The molecule has 0 fully saturated rings. The summed E-state index contributed by atoms with van der Waals surface area (Å²) in [5.74, 6) is -4.92. The van der Waals surface area contributed by atoms with Crippen molar-refractivity contribution in [3.05, 3.63) is 76.2 Å². The number of hydrogen-bond acceptors (Lipinski definition) is 4. The van der Waals surface area contributed by atoms with Crippen molar-refractivity contribution in [2.45, 2.75) is 13.3 Å². The third kappa shape index (κ3) is 5.54. The summed E-state index contributed by atoms with van der Waals surface area (Å²) in [6, 6.07) is 6.59. The number of carbonyl (C=O) groups excluding carboxylic acids is 2. The van der Waals surface area contributed by atoms with Gasteiger partial charge in [-0.2, -0.15) is 0 Å². The Balaban J connectivity index is 2.23.